The number of aryl methyl sites for hydroxylation is 1. The number of hydrogen-bond acceptors (Lipinski definition) is 6. The van der Waals surface area contributed by atoms with Gasteiger partial charge in [0, 0.05) is 53.5 Å². The highest BCUT2D eigenvalue weighted by atomic mass is 35.5. The summed E-state index contributed by atoms with van der Waals surface area (Å²) < 4.78 is 70.2. The summed E-state index contributed by atoms with van der Waals surface area (Å²) in [5.74, 6) is 0. The lowest BCUT2D eigenvalue weighted by Crippen LogP contribution is -2.22. The molecular weight excluding hydrogens is 704 g/mol. The Morgan fingerprint density at radius 2 is 1.51 bits per heavy atom. The maximum Gasteiger partial charge on any atom is 0.294 e. The molecule has 8 nitrogen and oxygen atoms in total. The van der Waals surface area contributed by atoms with Crippen LogP contribution in [0.5, 0.6) is 0 Å². The van der Waals surface area contributed by atoms with Gasteiger partial charge >= 0.3 is 0 Å². The van der Waals surface area contributed by atoms with Crippen molar-refractivity contribution in [2.45, 2.75) is 57.0 Å². The zero-order valence-corrected chi connectivity index (χ0v) is 31.4. The zero-order valence-electron chi connectivity index (χ0n) is 29.0. The van der Waals surface area contributed by atoms with Crippen LogP contribution in [0.2, 0.25) is 5.02 Å². The molecule has 4 aromatic carbocycles. The molecule has 0 unspecified atom stereocenters. The lowest BCUT2D eigenvalue weighted by atomic mass is 9.85. The van der Waals surface area contributed by atoms with Gasteiger partial charge in [0.15, 0.2) is 12.3 Å². The summed E-state index contributed by atoms with van der Waals surface area (Å²) in [5.41, 5.74) is 9.35. The fourth-order valence-electron chi connectivity index (χ4n) is 6.35. The van der Waals surface area contributed by atoms with E-state index in [1.54, 1.807) is 12.1 Å². The molecule has 0 aliphatic heterocycles. The number of nitrogens with zero attached hydrogens (tertiary/aromatic N) is 2. The summed E-state index contributed by atoms with van der Waals surface area (Å²) in [6, 6.07) is 26.5. The van der Waals surface area contributed by atoms with Crippen molar-refractivity contribution >= 4 is 48.8 Å². The summed E-state index contributed by atoms with van der Waals surface area (Å²) in [5, 5.41) is 0.620. The van der Waals surface area contributed by atoms with Gasteiger partial charge < -0.3 is 9.45 Å². The quantitative estimate of drug-likeness (QED) is 0.115. The van der Waals surface area contributed by atoms with Crippen LogP contribution in [0.3, 0.4) is 0 Å². The number of hydrogen-bond donors (Lipinski definition) is 1. The van der Waals surface area contributed by atoms with E-state index >= 15 is 0 Å². The smallest absolute Gasteiger partial charge is 0.294 e. The minimum Gasteiger partial charge on any atom is -0.744 e. The Morgan fingerprint density at radius 3 is 2.14 bits per heavy atom. The van der Waals surface area contributed by atoms with Gasteiger partial charge in [0.2, 0.25) is 0 Å². The Kier molecular flexibility index (Phi) is 11.8. The molecular formula is C40H41ClN2O6S2. The highest BCUT2D eigenvalue weighted by Gasteiger charge is 2.22. The molecule has 11 heteroatoms. The summed E-state index contributed by atoms with van der Waals surface area (Å²) >= 11 is 6.86. The number of anilines is 1. The van der Waals surface area contributed by atoms with Crippen LogP contribution in [0.1, 0.15) is 55.0 Å². The molecule has 0 bridgehead atoms. The van der Waals surface area contributed by atoms with E-state index < -0.39 is 20.2 Å². The molecule has 1 N–H and O–H groups in total. The highest BCUT2D eigenvalue weighted by Crippen LogP contribution is 2.38. The molecule has 0 radical (unpaired) electrons. The first-order valence-corrected chi connectivity index (χ1v) is 19.9. The molecule has 0 saturated carbocycles. The Balaban J connectivity index is 1.56. The number of benzene rings is 4. The van der Waals surface area contributed by atoms with Crippen LogP contribution in [-0.4, -0.2) is 49.3 Å². The second-order valence-corrected chi connectivity index (χ2v) is 15.7. The minimum atomic E-state index is -4.56. The first-order chi connectivity index (χ1) is 24.2. The molecule has 0 atom stereocenters. The van der Waals surface area contributed by atoms with E-state index in [0.29, 0.717) is 24.7 Å². The summed E-state index contributed by atoms with van der Waals surface area (Å²) in [6.45, 7) is 10.5. The molecule has 5 rings (SSSR count). The predicted molar refractivity (Wildman–Crippen MR) is 203 cm³/mol. The van der Waals surface area contributed by atoms with E-state index in [1.165, 1.54) is 24.3 Å². The molecule has 1 aliphatic carbocycles. The van der Waals surface area contributed by atoms with Gasteiger partial charge in [-0.2, -0.15) is 8.42 Å². The normalized spacial score (nSPS) is 15.4. The first-order valence-electron chi connectivity index (χ1n) is 16.6. The van der Waals surface area contributed by atoms with Crippen LogP contribution in [0, 0.1) is 6.92 Å². The van der Waals surface area contributed by atoms with Crippen molar-refractivity contribution in [3.05, 3.63) is 153 Å². The minimum absolute atomic E-state index is 0.135. The van der Waals surface area contributed by atoms with Gasteiger partial charge in [-0.05, 0) is 103 Å². The second kappa shape index (κ2) is 15.9. The lowest BCUT2D eigenvalue weighted by molar-refractivity contribution is -0.542. The van der Waals surface area contributed by atoms with Gasteiger partial charge in [0.25, 0.3) is 10.1 Å². The van der Waals surface area contributed by atoms with Gasteiger partial charge in [0.1, 0.15) is 16.7 Å². The van der Waals surface area contributed by atoms with E-state index in [2.05, 4.69) is 66.7 Å². The molecule has 0 fully saturated rings. The Labute approximate surface area is 306 Å². The van der Waals surface area contributed by atoms with Gasteiger partial charge in [-0.3, -0.25) is 4.55 Å². The van der Waals surface area contributed by atoms with Gasteiger partial charge in [-0.1, -0.05) is 67.1 Å². The third-order valence-corrected chi connectivity index (χ3v) is 10.8. The average Bonchev–Trinajstić information content (AvgIpc) is 3.08. The largest absolute Gasteiger partial charge is 0.744 e. The van der Waals surface area contributed by atoms with Gasteiger partial charge in [-0.25, -0.2) is 13.0 Å². The molecule has 0 amide bonds. The van der Waals surface area contributed by atoms with Crippen LogP contribution in [-0.2, 0) is 33.3 Å². The molecule has 0 saturated heterocycles. The molecule has 266 valence electrons. The maximum absolute atomic E-state index is 11.7. The molecule has 51 heavy (non-hydrogen) atoms. The number of rotatable bonds is 12. The predicted octanol–water partition coefficient (Wildman–Crippen LogP) is 8.21. The van der Waals surface area contributed by atoms with Crippen LogP contribution in [0.15, 0.2) is 130 Å². The Bertz CT molecular complexity index is 2310. The molecule has 4 aromatic rings. The first kappa shape index (κ1) is 37.9. The van der Waals surface area contributed by atoms with E-state index in [1.807, 2.05) is 43.3 Å². The summed E-state index contributed by atoms with van der Waals surface area (Å²) in [4.78, 5) is 1.76. The summed E-state index contributed by atoms with van der Waals surface area (Å²) in [6.07, 6.45) is 7.15. The SMILES string of the molecule is CCC[N+](Cc1cccc(S(=O)(=O)[O-])c1)=C1C=C/C(=C(/c2ccc(N(CC)Cc3cccc(S(=O)(=O)O)c3)cc2C)c2ccccc2Cl)C(C)=C1. The topological polar surface area (TPSA) is 118 Å². The van der Waals surface area contributed by atoms with Crippen LogP contribution < -0.4 is 4.90 Å². The third-order valence-electron chi connectivity index (χ3n) is 8.84. The van der Waals surface area contributed by atoms with E-state index in [-0.39, 0.29) is 9.79 Å². The van der Waals surface area contributed by atoms with E-state index in [0.717, 1.165) is 68.9 Å². The maximum atomic E-state index is 11.7. The second-order valence-electron chi connectivity index (χ2n) is 12.5. The van der Waals surface area contributed by atoms with Gasteiger partial charge in [-0.15, -0.1) is 0 Å². The van der Waals surface area contributed by atoms with Crippen molar-refractivity contribution in [3.63, 3.8) is 0 Å². The van der Waals surface area contributed by atoms with Crippen molar-refractivity contribution in [2.75, 3.05) is 18.0 Å². The Hall–Kier alpha value is -4.32. The van der Waals surface area contributed by atoms with Crippen molar-refractivity contribution in [1.82, 2.24) is 0 Å². The van der Waals surface area contributed by atoms with Crippen molar-refractivity contribution in [1.29, 1.82) is 0 Å². The average molecular weight is 745 g/mol. The standard InChI is InChI=1S/C40H41ClN2O6S2/c1-5-21-43(27-31-12-10-14-35(25-31)51(47,48)49)33-18-20-37(29(4)23-33)40(38-15-7-8-16-39(38)41)36-19-17-32(22-28(36)3)42(6-2)26-30-11-9-13-34(24-30)50(44,45)46/h7-20,22-25H,5-6,21,26-27H2,1-4H3,(H-,44,45,46,47,48,49). The van der Waals surface area contributed by atoms with Crippen molar-refractivity contribution in [3.8, 4) is 0 Å². The number of allylic oxidation sites excluding steroid dienone is 5. The fraction of sp³-hybridized carbons (Fsp3) is 0.225. The molecule has 0 aromatic heterocycles. The van der Waals surface area contributed by atoms with Crippen LogP contribution >= 0.6 is 11.6 Å². The molecule has 0 spiro atoms. The van der Waals surface area contributed by atoms with E-state index in [4.69, 9.17) is 11.6 Å². The molecule has 1 aliphatic rings. The van der Waals surface area contributed by atoms with Crippen molar-refractivity contribution in [2.24, 2.45) is 0 Å². The third kappa shape index (κ3) is 9.13. The summed E-state index contributed by atoms with van der Waals surface area (Å²) in [7, 11) is -8.87. The van der Waals surface area contributed by atoms with Gasteiger partial charge in [0.05, 0.1) is 9.79 Å². The fourth-order valence-corrected chi connectivity index (χ4v) is 7.67. The highest BCUT2D eigenvalue weighted by molar-refractivity contribution is 7.86. The number of halogens is 1. The Morgan fingerprint density at radius 1 is 0.824 bits per heavy atom. The van der Waals surface area contributed by atoms with Crippen LogP contribution in [0.4, 0.5) is 5.69 Å². The lowest BCUT2D eigenvalue weighted by Gasteiger charge is -2.26. The van der Waals surface area contributed by atoms with Crippen molar-refractivity contribution < 1.29 is 30.5 Å². The van der Waals surface area contributed by atoms with E-state index in [9.17, 15) is 25.9 Å². The molecule has 0 heterocycles. The zero-order chi connectivity index (χ0) is 36.9. The van der Waals surface area contributed by atoms with Crippen LogP contribution in [0.25, 0.3) is 5.57 Å². The monoisotopic (exact) mass is 744 g/mol.